The second kappa shape index (κ2) is 16.7. The van der Waals surface area contributed by atoms with Crippen molar-refractivity contribution in [2.75, 3.05) is 25.5 Å². The number of Topliss-reactive ketones (excluding diaryl/α,β-unsaturated/α-hetero) is 1. The quantitative estimate of drug-likeness (QED) is 0.0553. The van der Waals surface area contributed by atoms with Gasteiger partial charge in [0.05, 0.1) is 31.1 Å². The van der Waals surface area contributed by atoms with Gasteiger partial charge in [0.25, 0.3) is 0 Å². The molecule has 5 N–H and O–H groups in total. The van der Waals surface area contributed by atoms with Crippen LogP contribution in [0.4, 0.5) is 5.69 Å². The number of amides is 1. The number of allylic oxidation sites excluding steroid dienone is 1. The standard InChI is InChI=1S/C49H58N2O8/c1-5-7-35(54)28-13-10-27(11-14-28)22-51-46-32(17-12-26-8-15-29(16-9-26)49(58)50-6-2)33-18-25(3)19-34-41-40(33)44-38(30(23-52)20-36(55)42(44)46)39-31(24-53)21-37(56)43(45(39)41)47(57)48(34)59-4/h18,20-21,26-29,51-53,57H,5-17,19,22-24H2,1-4H3,(H,50,58). The van der Waals surface area contributed by atoms with Gasteiger partial charge in [0.15, 0.2) is 22.4 Å². The van der Waals surface area contributed by atoms with Crippen molar-refractivity contribution in [3.63, 3.8) is 0 Å². The molecular weight excluding hydrogens is 745 g/mol. The number of aromatic hydroxyl groups is 1. The van der Waals surface area contributed by atoms with E-state index in [0.717, 1.165) is 97.4 Å². The third-order valence-electron chi connectivity index (χ3n) is 14.0. The van der Waals surface area contributed by atoms with E-state index >= 15 is 0 Å². The number of aliphatic hydroxyl groups excluding tert-OH is 2. The van der Waals surface area contributed by atoms with Gasteiger partial charge < -0.3 is 30.7 Å². The average Bonchev–Trinajstić information content (AvgIpc) is 3.38. The molecule has 0 aliphatic heterocycles. The Morgan fingerprint density at radius 1 is 0.780 bits per heavy atom. The topological polar surface area (TPSA) is 162 Å². The van der Waals surface area contributed by atoms with Crippen molar-refractivity contribution in [2.45, 2.75) is 117 Å². The maximum Gasteiger partial charge on any atom is 0.223 e. The van der Waals surface area contributed by atoms with Crippen LogP contribution in [0.3, 0.4) is 0 Å². The number of carbonyl (C=O) groups is 2. The molecule has 0 bridgehead atoms. The summed E-state index contributed by atoms with van der Waals surface area (Å²) in [7, 11) is 1.49. The lowest BCUT2D eigenvalue weighted by Crippen LogP contribution is -2.33. The fourth-order valence-corrected chi connectivity index (χ4v) is 11.2. The van der Waals surface area contributed by atoms with Crippen LogP contribution in [0, 0.1) is 23.7 Å². The number of rotatable bonds is 14. The first kappa shape index (κ1) is 41.0. The van der Waals surface area contributed by atoms with Crippen LogP contribution in [-0.2, 0) is 35.6 Å². The average molecular weight is 803 g/mol. The minimum atomic E-state index is -0.456. The molecule has 2 fully saturated rings. The zero-order chi connectivity index (χ0) is 41.7. The van der Waals surface area contributed by atoms with Crippen molar-refractivity contribution in [3.05, 3.63) is 66.0 Å². The molecule has 0 aromatic heterocycles. The van der Waals surface area contributed by atoms with Crippen molar-refractivity contribution in [2.24, 2.45) is 23.7 Å². The number of fused-ring (bicyclic) bond motifs is 1. The number of anilines is 1. The van der Waals surface area contributed by atoms with Crippen LogP contribution in [-0.4, -0.2) is 47.2 Å². The molecule has 10 heteroatoms. The molecule has 312 valence electrons. The summed E-state index contributed by atoms with van der Waals surface area (Å²) < 4.78 is 5.91. The Hall–Kier alpha value is -4.80. The lowest BCUT2D eigenvalue weighted by molar-refractivity contribution is -0.126. The number of nitrogens with one attached hydrogen (secondary N) is 2. The third kappa shape index (κ3) is 6.99. The van der Waals surface area contributed by atoms with Crippen LogP contribution in [0.15, 0.2) is 27.3 Å². The van der Waals surface area contributed by atoms with Gasteiger partial charge in [0, 0.05) is 53.4 Å². The largest absolute Gasteiger partial charge is 0.504 e. The lowest BCUT2D eigenvalue weighted by Gasteiger charge is -2.30. The van der Waals surface area contributed by atoms with Crippen LogP contribution in [0.5, 0.6) is 11.5 Å². The van der Waals surface area contributed by atoms with Crippen LogP contribution in [0.1, 0.15) is 119 Å². The summed E-state index contributed by atoms with van der Waals surface area (Å²) in [5, 5.41) is 44.8. The smallest absolute Gasteiger partial charge is 0.223 e. The predicted molar refractivity (Wildman–Crippen MR) is 235 cm³/mol. The normalized spacial score (nSPS) is 20.7. The van der Waals surface area contributed by atoms with E-state index in [2.05, 4.69) is 16.7 Å². The van der Waals surface area contributed by atoms with Gasteiger partial charge in [-0.05, 0) is 159 Å². The summed E-state index contributed by atoms with van der Waals surface area (Å²) >= 11 is 0. The maximum absolute atomic E-state index is 14.8. The highest BCUT2D eigenvalue weighted by atomic mass is 16.5. The maximum atomic E-state index is 14.8. The molecule has 10 nitrogen and oxygen atoms in total. The molecule has 1 amide bonds. The molecule has 59 heavy (non-hydrogen) atoms. The van der Waals surface area contributed by atoms with Gasteiger partial charge in [0.2, 0.25) is 5.91 Å². The Bertz CT molecular complexity index is 2600. The molecule has 0 unspecified atom stereocenters. The number of benzene rings is 5. The van der Waals surface area contributed by atoms with Gasteiger partial charge >= 0.3 is 0 Å². The van der Waals surface area contributed by atoms with E-state index < -0.39 is 18.6 Å². The van der Waals surface area contributed by atoms with Crippen molar-refractivity contribution in [3.8, 4) is 11.5 Å². The van der Waals surface area contributed by atoms with Gasteiger partial charge in [-0.2, -0.15) is 0 Å². The molecule has 8 rings (SSSR count). The summed E-state index contributed by atoms with van der Waals surface area (Å²) in [5.74, 6) is 1.30. The fraction of sp³-hybridized carbons (Fsp3) is 0.510. The molecule has 0 spiro atoms. The monoisotopic (exact) mass is 802 g/mol. The zero-order valence-corrected chi connectivity index (χ0v) is 34.9. The Labute approximate surface area is 344 Å². The summed E-state index contributed by atoms with van der Waals surface area (Å²) in [4.78, 5) is 54.2. The number of phenols is 1. The van der Waals surface area contributed by atoms with E-state index in [1.807, 2.05) is 20.8 Å². The second-order valence-corrected chi connectivity index (χ2v) is 17.6. The molecule has 3 aliphatic carbocycles. The van der Waals surface area contributed by atoms with Gasteiger partial charge in [-0.15, -0.1) is 0 Å². The molecule has 2 saturated carbocycles. The highest BCUT2D eigenvalue weighted by molar-refractivity contribution is 6.38. The molecular formula is C49H58N2O8. The van der Waals surface area contributed by atoms with Gasteiger partial charge in [-0.1, -0.05) is 18.6 Å². The lowest BCUT2D eigenvalue weighted by atomic mass is 9.77. The first-order valence-electron chi connectivity index (χ1n) is 21.9. The summed E-state index contributed by atoms with van der Waals surface area (Å²) in [6, 6.07) is 2.85. The third-order valence-corrected chi connectivity index (χ3v) is 14.0. The van der Waals surface area contributed by atoms with E-state index in [4.69, 9.17) is 4.74 Å². The molecule has 0 saturated heterocycles. The van der Waals surface area contributed by atoms with Gasteiger partial charge in [-0.25, -0.2) is 0 Å². The highest BCUT2D eigenvalue weighted by Gasteiger charge is 2.34. The van der Waals surface area contributed by atoms with Crippen molar-refractivity contribution >= 4 is 66.5 Å². The van der Waals surface area contributed by atoms with Crippen LogP contribution in [0.2, 0.25) is 0 Å². The number of methoxy groups -OCH3 is 1. The Morgan fingerprint density at radius 3 is 2.00 bits per heavy atom. The van der Waals surface area contributed by atoms with Gasteiger partial charge in [-0.3, -0.25) is 19.2 Å². The summed E-state index contributed by atoms with van der Waals surface area (Å²) in [6.07, 6.45) is 12.8. The minimum absolute atomic E-state index is 0.0263. The number of carbonyl (C=O) groups excluding carboxylic acids is 2. The van der Waals surface area contributed by atoms with Crippen molar-refractivity contribution in [1.82, 2.24) is 5.32 Å². The van der Waals surface area contributed by atoms with Crippen LogP contribution >= 0.6 is 0 Å². The van der Waals surface area contributed by atoms with Gasteiger partial charge in [0.1, 0.15) is 5.78 Å². The van der Waals surface area contributed by atoms with E-state index in [1.165, 1.54) is 19.2 Å². The number of aliphatic hydroxyl groups is 2. The zero-order valence-electron chi connectivity index (χ0n) is 34.9. The second-order valence-electron chi connectivity index (χ2n) is 17.6. The van der Waals surface area contributed by atoms with Crippen LogP contribution < -0.4 is 26.2 Å². The molecule has 0 atom stereocenters. The Morgan fingerprint density at radius 2 is 1.39 bits per heavy atom. The van der Waals surface area contributed by atoms with Crippen molar-refractivity contribution in [1.29, 1.82) is 0 Å². The predicted octanol–water partition coefficient (Wildman–Crippen LogP) is 8.02. The molecule has 5 aromatic rings. The highest BCUT2D eigenvalue weighted by Crippen LogP contribution is 2.54. The van der Waals surface area contributed by atoms with Crippen molar-refractivity contribution < 1.29 is 29.6 Å². The first-order chi connectivity index (χ1) is 28.5. The summed E-state index contributed by atoms with van der Waals surface area (Å²) in [6.45, 7) is 6.40. The fourth-order valence-electron chi connectivity index (χ4n) is 11.2. The Balaban J connectivity index is 1.38. The van der Waals surface area contributed by atoms with E-state index in [9.17, 15) is 34.5 Å². The number of phenolic OH excluding ortho intramolecular Hbond substituents is 1. The number of ketones is 1. The minimum Gasteiger partial charge on any atom is -0.504 e. The Kier molecular flexibility index (Phi) is 11.6. The van der Waals surface area contributed by atoms with E-state index in [0.29, 0.717) is 93.6 Å². The number of ether oxygens (including phenoxy) is 1. The van der Waals surface area contributed by atoms with E-state index in [-0.39, 0.29) is 40.1 Å². The molecule has 0 radical (unpaired) electrons. The molecule has 5 aromatic carbocycles. The number of hydrogen-bond acceptors (Lipinski definition) is 9. The molecule has 0 heterocycles. The number of hydrogen-bond donors (Lipinski definition) is 5. The molecule has 3 aliphatic rings. The SMILES string of the molecule is CCCC(=O)C1CCC(CNc2c(CCC3CCC(C(=O)NCC)CC3)c3c4c5c(c(OC)c(O)c6c(=O)cc(CO)c(c7c(CO)cc(=O)c2c74)c65)CC(C)=C3)CC1. The first-order valence-corrected chi connectivity index (χ1v) is 21.9. The summed E-state index contributed by atoms with van der Waals surface area (Å²) in [5.41, 5.74) is 4.54. The van der Waals surface area contributed by atoms with Crippen LogP contribution in [0.25, 0.3) is 49.2 Å². The van der Waals surface area contributed by atoms with E-state index in [1.54, 1.807) is 0 Å².